The standard InChI is InChI=1S/C22H23N3O/c26-22(25-16-19-10-5-2-6-11-19)20-13-14-21(24-17-20)23-15-7-12-18-8-3-1-4-9-18/h1-6,8-11,13-14,17H,7,12,15-16H2,(H,23,24)(H,25,26). The van der Waals surface area contributed by atoms with Gasteiger partial charge in [-0.2, -0.15) is 0 Å². The largest absolute Gasteiger partial charge is 0.370 e. The minimum Gasteiger partial charge on any atom is -0.370 e. The molecular formula is C22H23N3O. The summed E-state index contributed by atoms with van der Waals surface area (Å²) < 4.78 is 0. The third-order valence-electron chi connectivity index (χ3n) is 4.11. The van der Waals surface area contributed by atoms with Gasteiger partial charge in [0.1, 0.15) is 5.82 Å². The van der Waals surface area contributed by atoms with Crippen molar-refractivity contribution in [2.75, 3.05) is 11.9 Å². The van der Waals surface area contributed by atoms with Crippen LogP contribution in [0.3, 0.4) is 0 Å². The molecule has 1 heterocycles. The van der Waals surface area contributed by atoms with Crippen LogP contribution in [-0.2, 0) is 13.0 Å². The molecule has 0 fully saturated rings. The number of pyridine rings is 1. The van der Waals surface area contributed by atoms with Gasteiger partial charge in [0.25, 0.3) is 5.91 Å². The molecule has 3 aromatic rings. The van der Waals surface area contributed by atoms with E-state index in [-0.39, 0.29) is 5.91 Å². The molecule has 1 amide bonds. The van der Waals surface area contributed by atoms with E-state index in [4.69, 9.17) is 0 Å². The maximum Gasteiger partial charge on any atom is 0.253 e. The van der Waals surface area contributed by atoms with E-state index in [1.807, 2.05) is 42.5 Å². The Labute approximate surface area is 154 Å². The van der Waals surface area contributed by atoms with E-state index in [0.29, 0.717) is 12.1 Å². The highest BCUT2D eigenvalue weighted by molar-refractivity contribution is 5.93. The van der Waals surface area contributed by atoms with Crippen LogP contribution in [0.1, 0.15) is 27.9 Å². The molecule has 0 aliphatic heterocycles. The normalized spacial score (nSPS) is 10.3. The summed E-state index contributed by atoms with van der Waals surface area (Å²) in [7, 11) is 0. The van der Waals surface area contributed by atoms with E-state index in [9.17, 15) is 4.79 Å². The summed E-state index contributed by atoms with van der Waals surface area (Å²) in [6.45, 7) is 1.36. The van der Waals surface area contributed by atoms with Gasteiger partial charge in [0.2, 0.25) is 0 Å². The van der Waals surface area contributed by atoms with Crippen LogP contribution in [0.15, 0.2) is 79.0 Å². The number of nitrogens with zero attached hydrogens (tertiary/aromatic N) is 1. The van der Waals surface area contributed by atoms with E-state index < -0.39 is 0 Å². The Bertz CT molecular complexity index is 802. The van der Waals surface area contributed by atoms with Crippen LogP contribution < -0.4 is 10.6 Å². The summed E-state index contributed by atoms with van der Waals surface area (Å²) >= 11 is 0. The van der Waals surface area contributed by atoms with Crippen molar-refractivity contribution in [2.45, 2.75) is 19.4 Å². The zero-order valence-electron chi connectivity index (χ0n) is 14.7. The fourth-order valence-electron chi connectivity index (χ4n) is 2.67. The molecule has 4 nitrogen and oxygen atoms in total. The number of aryl methyl sites for hydroxylation is 1. The first-order chi connectivity index (χ1) is 12.8. The fraction of sp³-hybridized carbons (Fsp3) is 0.182. The van der Waals surface area contributed by atoms with Crippen LogP contribution in [-0.4, -0.2) is 17.4 Å². The summed E-state index contributed by atoms with van der Waals surface area (Å²) in [6.07, 6.45) is 3.68. The van der Waals surface area contributed by atoms with Crippen molar-refractivity contribution in [3.8, 4) is 0 Å². The Morgan fingerprint density at radius 3 is 2.19 bits per heavy atom. The molecule has 0 aliphatic rings. The first-order valence-electron chi connectivity index (χ1n) is 8.87. The molecular weight excluding hydrogens is 322 g/mol. The summed E-state index contributed by atoms with van der Waals surface area (Å²) in [6, 6.07) is 23.9. The van der Waals surface area contributed by atoms with Crippen LogP contribution >= 0.6 is 0 Å². The minimum atomic E-state index is -0.114. The molecule has 1 aromatic heterocycles. The quantitative estimate of drug-likeness (QED) is 0.606. The molecule has 0 bridgehead atoms. The van der Waals surface area contributed by atoms with E-state index in [1.165, 1.54) is 5.56 Å². The maximum atomic E-state index is 12.2. The smallest absolute Gasteiger partial charge is 0.253 e. The van der Waals surface area contributed by atoms with Crippen molar-refractivity contribution in [2.24, 2.45) is 0 Å². The van der Waals surface area contributed by atoms with E-state index in [0.717, 1.165) is 30.8 Å². The number of anilines is 1. The van der Waals surface area contributed by atoms with Gasteiger partial charge >= 0.3 is 0 Å². The highest BCUT2D eigenvalue weighted by Gasteiger charge is 2.06. The summed E-state index contributed by atoms with van der Waals surface area (Å²) in [5.74, 6) is 0.676. The third-order valence-corrected chi connectivity index (χ3v) is 4.11. The van der Waals surface area contributed by atoms with Crippen molar-refractivity contribution in [3.63, 3.8) is 0 Å². The molecule has 0 atom stereocenters. The Hall–Kier alpha value is -3.14. The van der Waals surface area contributed by atoms with Crippen LogP contribution in [0.2, 0.25) is 0 Å². The molecule has 0 saturated carbocycles. The number of hydrogen-bond donors (Lipinski definition) is 2. The van der Waals surface area contributed by atoms with Gasteiger partial charge in [-0.3, -0.25) is 4.79 Å². The SMILES string of the molecule is O=C(NCc1ccccc1)c1ccc(NCCCc2ccccc2)nc1. The van der Waals surface area contributed by atoms with Gasteiger partial charge in [-0.05, 0) is 36.1 Å². The van der Waals surface area contributed by atoms with E-state index >= 15 is 0 Å². The van der Waals surface area contributed by atoms with Gasteiger partial charge in [0, 0.05) is 19.3 Å². The average Bonchev–Trinajstić information content (AvgIpc) is 2.71. The molecule has 26 heavy (non-hydrogen) atoms. The third kappa shape index (κ3) is 5.45. The number of hydrogen-bond acceptors (Lipinski definition) is 3. The van der Waals surface area contributed by atoms with Crippen LogP contribution in [0.25, 0.3) is 0 Å². The zero-order valence-corrected chi connectivity index (χ0v) is 14.7. The van der Waals surface area contributed by atoms with Crippen molar-refractivity contribution in [1.82, 2.24) is 10.3 Å². The second kappa shape index (κ2) is 9.37. The van der Waals surface area contributed by atoms with Gasteiger partial charge in [0.05, 0.1) is 5.56 Å². The fourth-order valence-corrected chi connectivity index (χ4v) is 2.67. The van der Waals surface area contributed by atoms with Crippen LogP contribution in [0.5, 0.6) is 0 Å². The molecule has 0 aliphatic carbocycles. The van der Waals surface area contributed by atoms with Gasteiger partial charge in [-0.25, -0.2) is 4.98 Å². The number of benzene rings is 2. The molecule has 2 N–H and O–H groups in total. The Morgan fingerprint density at radius 2 is 1.54 bits per heavy atom. The van der Waals surface area contributed by atoms with Crippen molar-refractivity contribution in [1.29, 1.82) is 0 Å². The lowest BCUT2D eigenvalue weighted by molar-refractivity contribution is 0.0950. The zero-order chi connectivity index (χ0) is 18.0. The monoisotopic (exact) mass is 345 g/mol. The lowest BCUT2D eigenvalue weighted by Gasteiger charge is -2.08. The summed E-state index contributed by atoms with van der Waals surface area (Å²) in [5.41, 5.74) is 2.98. The molecule has 0 spiro atoms. The van der Waals surface area contributed by atoms with Gasteiger partial charge in [0.15, 0.2) is 0 Å². The lowest BCUT2D eigenvalue weighted by Crippen LogP contribution is -2.22. The molecule has 2 aromatic carbocycles. The number of amides is 1. The first-order valence-corrected chi connectivity index (χ1v) is 8.87. The highest BCUT2D eigenvalue weighted by atomic mass is 16.1. The minimum absolute atomic E-state index is 0.114. The number of carbonyl (C=O) groups is 1. The van der Waals surface area contributed by atoms with Crippen molar-refractivity contribution in [3.05, 3.63) is 95.7 Å². The molecule has 132 valence electrons. The summed E-state index contributed by atoms with van der Waals surface area (Å²) in [5, 5.41) is 6.20. The highest BCUT2D eigenvalue weighted by Crippen LogP contribution is 2.07. The van der Waals surface area contributed by atoms with Gasteiger partial charge < -0.3 is 10.6 Å². The first kappa shape index (κ1) is 17.7. The molecule has 0 saturated heterocycles. The number of aromatic nitrogens is 1. The second-order valence-electron chi connectivity index (χ2n) is 6.12. The number of carbonyl (C=O) groups excluding carboxylic acids is 1. The van der Waals surface area contributed by atoms with Gasteiger partial charge in [-0.15, -0.1) is 0 Å². The van der Waals surface area contributed by atoms with Crippen molar-refractivity contribution >= 4 is 11.7 Å². The van der Waals surface area contributed by atoms with E-state index in [2.05, 4.69) is 39.9 Å². The maximum absolute atomic E-state index is 12.2. The topological polar surface area (TPSA) is 54.0 Å². The van der Waals surface area contributed by atoms with Gasteiger partial charge in [-0.1, -0.05) is 60.7 Å². The molecule has 0 unspecified atom stereocenters. The Morgan fingerprint density at radius 1 is 0.846 bits per heavy atom. The summed E-state index contributed by atoms with van der Waals surface area (Å²) in [4.78, 5) is 16.5. The van der Waals surface area contributed by atoms with Crippen LogP contribution in [0.4, 0.5) is 5.82 Å². The molecule has 4 heteroatoms. The van der Waals surface area contributed by atoms with Crippen LogP contribution in [0, 0.1) is 0 Å². The average molecular weight is 345 g/mol. The predicted octanol–water partition coefficient (Wildman–Crippen LogP) is 4.06. The predicted molar refractivity (Wildman–Crippen MR) is 105 cm³/mol. The Balaban J connectivity index is 1.42. The van der Waals surface area contributed by atoms with E-state index in [1.54, 1.807) is 12.3 Å². The number of nitrogens with one attached hydrogen (secondary N) is 2. The molecule has 0 radical (unpaired) electrons. The Kier molecular flexibility index (Phi) is 6.37. The van der Waals surface area contributed by atoms with Crippen molar-refractivity contribution < 1.29 is 4.79 Å². The lowest BCUT2D eigenvalue weighted by atomic mass is 10.1. The molecule has 3 rings (SSSR count). The number of rotatable bonds is 8. The second-order valence-corrected chi connectivity index (χ2v) is 6.12.